The first kappa shape index (κ1) is 14.2. The molecular weight excluding hydrogens is 221 g/mol. The van der Waals surface area contributed by atoms with Crippen molar-refractivity contribution in [2.45, 2.75) is 57.4 Å². The van der Waals surface area contributed by atoms with E-state index in [4.69, 9.17) is 9.16 Å². The van der Waals surface area contributed by atoms with E-state index < -0.39 is 14.5 Å². The van der Waals surface area contributed by atoms with Crippen molar-refractivity contribution in [3.63, 3.8) is 0 Å². The van der Waals surface area contributed by atoms with Gasteiger partial charge in [-0.05, 0) is 18.1 Å². The molecule has 0 bridgehead atoms. The van der Waals surface area contributed by atoms with Crippen LogP contribution in [0.5, 0.6) is 0 Å². The maximum absolute atomic E-state index is 9.66. The lowest BCUT2D eigenvalue weighted by molar-refractivity contribution is -0.00125. The van der Waals surface area contributed by atoms with Gasteiger partial charge in [0.15, 0.2) is 16.2 Å². The van der Waals surface area contributed by atoms with Crippen LogP contribution in [0, 0.1) is 0 Å². The first-order valence-electron chi connectivity index (χ1n) is 5.87. The molecule has 0 aromatic rings. The SMILES string of the molecule is B[C@H]1NC(O)[C@@H](CO[Si](C)(C)C(C)(C)C)O1. The Bertz CT molecular complexity index is 245. The highest BCUT2D eigenvalue weighted by Crippen LogP contribution is 2.36. The van der Waals surface area contributed by atoms with Crippen molar-refractivity contribution in [1.82, 2.24) is 5.32 Å². The third kappa shape index (κ3) is 3.31. The summed E-state index contributed by atoms with van der Waals surface area (Å²) in [6.07, 6.45) is -0.952. The number of nitrogens with one attached hydrogen (secondary N) is 1. The minimum absolute atomic E-state index is 0.0944. The normalized spacial score (nSPS) is 32.0. The zero-order valence-electron chi connectivity index (χ0n) is 11.2. The van der Waals surface area contributed by atoms with Gasteiger partial charge < -0.3 is 14.3 Å². The van der Waals surface area contributed by atoms with Crippen LogP contribution in [0.2, 0.25) is 18.1 Å². The summed E-state index contributed by atoms with van der Waals surface area (Å²) in [5, 5.41) is 12.8. The number of hydrogen-bond donors (Lipinski definition) is 2. The van der Waals surface area contributed by atoms with Gasteiger partial charge in [0.25, 0.3) is 0 Å². The van der Waals surface area contributed by atoms with Crippen LogP contribution in [0.25, 0.3) is 0 Å². The third-order valence-electron chi connectivity index (χ3n) is 3.55. The molecular formula is C10H24BNO3Si. The molecule has 4 nitrogen and oxygen atoms in total. The molecule has 0 aliphatic carbocycles. The number of aliphatic hydroxyl groups excluding tert-OH is 1. The van der Waals surface area contributed by atoms with Gasteiger partial charge in [0, 0.05) is 0 Å². The minimum atomic E-state index is -1.74. The molecule has 1 heterocycles. The molecule has 1 aliphatic heterocycles. The molecule has 0 spiro atoms. The molecule has 3 atom stereocenters. The summed E-state index contributed by atoms with van der Waals surface area (Å²) in [5.41, 5.74) is 0. The quantitative estimate of drug-likeness (QED) is 0.699. The molecule has 1 unspecified atom stereocenters. The van der Waals surface area contributed by atoms with E-state index in [-0.39, 0.29) is 17.3 Å². The van der Waals surface area contributed by atoms with E-state index in [0.717, 1.165) is 0 Å². The predicted molar refractivity (Wildman–Crippen MR) is 69.5 cm³/mol. The first-order chi connectivity index (χ1) is 7.13. The lowest BCUT2D eigenvalue weighted by Crippen LogP contribution is -2.44. The Morgan fingerprint density at radius 1 is 1.44 bits per heavy atom. The van der Waals surface area contributed by atoms with Crippen LogP contribution in [0.4, 0.5) is 0 Å². The van der Waals surface area contributed by atoms with Crippen molar-refractivity contribution in [1.29, 1.82) is 0 Å². The molecule has 0 aromatic carbocycles. The molecule has 1 aliphatic rings. The average molecular weight is 245 g/mol. The highest BCUT2D eigenvalue weighted by Gasteiger charge is 2.39. The van der Waals surface area contributed by atoms with Crippen molar-refractivity contribution in [2.24, 2.45) is 0 Å². The molecule has 0 amide bonds. The van der Waals surface area contributed by atoms with Gasteiger partial charge in [-0.2, -0.15) is 0 Å². The van der Waals surface area contributed by atoms with E-state index in [0.29, 0.717) is 6.61 Å². The monoisotopic (exact) mass is 245 g/mol. The summed E-state index contributed by atoms with van der Waals surface area (Å²) in [7, 11) is 0.142. The molecule has 16 heavy (non-hydrogen) atoms. The largest absolute Gasteiger partial charge is 0.414 e. The fraction of sp³-hybridized carbons (Fsp3) is 1.00. The average Bonchev–Trinajstić information content (AvgIpc) is 2.39. The van der Waals surface area contributed by atoms with Crippen molar-refractivity contribution >= 4 is 16.2 Å². The van der Waals surface area contributed by atoms with E-state index in [9.17, 15) is 5.11 Å². The van der Waals surface area contributed by atoms with Gasteiger partial charge >= 0.3 is 0 Å². The summed E-state index contributed by atoms with van der Waals surface area (Å²) in [5.74, 6) is 0. The fourth-order valence-corrected chi connectivity index (χ4v) is 2.38. The number of rotatable bonds is 3. The van der Waals surface area contributed by atoms with Gasteiger partial charge in [-0.25, -0.2) is 0 Å². The molecule has 1 fully saturated rings. The van der Waals surface area contributed by atoms with Crippen LogP contribution in [-0.4, -0.2) is 46.3 Å². The molecule has 6 heteroatoms. The van der Waals surface area contributed by atoms with E-state index >= 15 is 0 Å². The third-order valence-corrected chi connectivity index (χ3v) is 8.05. The van der Waals surface area contributed by atoms with Crippen molar-refractivity contribution in [3.05, 3.63) is 0 Å². The maximum atomic E-state index is 9.66. The minimum Gasteiger partial charge on any atom is -0.414 e. The van der Waals surface area contributed by atoms with Crippen molar-refractivity contribution in [3.8, 4) is 0 Å². The zero-order chi connectivity index (χ0) is 12.6. The Kier molecular flexibility index (Phi) is 4.24. The Balaban J connectivity index is 2.46. The first-order valence-corrected chi connectivity index (χ1v) is 8.78. The Morgan fingerprint density at radius 3 is 2.38 bits per heavy atom. The van der Waals surface area contributed by atoms with Gasteiger partial charge in [0.1, 0.15) is 12.3 Å². The Hall–Kier alpha value is 0.122. The van der Waals surface area contributed by atoms with Crippen LogP contribution in [0.3, 0.4) is 0 Å². The maximum Gasteiger partial charge on any atom is 0.192 e. The number of aliphatic hydroxyl groups is 1. The zero-order valence-corrected chi connectivity index (χ0v) is 12.2. The molecule has 0 radical (unpaired) electrons. The summed E-state index contributed by atoms with van der Waals surface area (Å²) in [6, 6.07) is 0. The van der Waals surface area contributed by atoms with E-state index in [1.54, 1.807) is 0 Å². The van der Waals surface area contributed by atoms with E-state index in [1.807, 2.05) is 7.85 Å². The summed E-state index contributed by atoms with van der Waals surface area (Å²) in [6.45, 7) is 11.5. The Morgan fingerprint density at radius 2 is 2.00 bits per heavy atom. The summed E-state index contributed by atoms with van der Waals surface area (Å²) < 4.78 is 11.5. The highest BCUT2D eigenvalue weighted by atomic mass is 28.4. The molecule has 2 N–H and O–H groups in total. The topological polar surface area (TPSA) is 50.7 Å². The molecule has 1 saturated heterocycles. The summed E-state index contributed by atoms with van der Waals surface area (Å²) in [4.78, 5) is 0. The van der Waals surface area contributed by atoms with Crippen molar-refractivity contribution in [2.75, 3.05) is 6.61 Å². The lowest BCUT2D eigenvalue weighted by Gasteiger charge is -2.37. The van der Waals surface area contributed by atoms with Gasteiger partial charge in [-0.3, -0.25) is 5.32 Å². The highest BCUT2D eigenvalue weighted by molar-refractivity contribution is 6.74. The van der Waals surface area contributed by atoms with E-state index in [2.05, 4.69) is 39.2 Å². The van der Waals surface area contributed by atoms with Gasteiger partial charge in [0.05, 0.1) is 12.7 Å². The predicted octanol–water partition coefficient (Wildman–Crippen LogP) is 0.232. The number of hydrogen-bond acceptors (Lipinski definition) is 4. The van der Waals surface area contributed by atoms with Crippen LogP contribution in [-0.2, 0) is 9.16 Å². The number of ether oxygens (including phenoxy) is 1. The Labute approximate surface area is 100 Å². The fourth-order valence-electron chi connectivity index (χ4n) is 1.36. The van der Waals surface area contributed by atoms with Crippen LogP contribution in [0.15, 0.2) is 0 Å². The van der Waals surface area contributed by atoms with Crippen LogP contribution < -0.4 is 5.32 Å². The molecule has 0 saturated carbocycles. The van der Waals surface area contributed by atoms with Gasteiger partial charge in [-0.15, -0.1) is 0 Å². The van der Waals surface area contributed by atoms with Gasteiger partial charge in [-0.1, -0.05) is 20.8 Å². The summed E-state index contributed by atoms with van der Waals surface area (Å²) >= 11 is 0. The van der Waals surface area contributed by atoms with E-state index in [1.165, 1.54) is 0 Å². The second-order valence-corrected chi connectivity index (χ2v) is 10.8. The van der Waals surface area contributed by atoms with Crippen LogP contribution >= 0.6 is 0 Å². The van der Waals surface area contributed by atoms with Crippen LogP contribution in [0.1, 0.15) is 20.8 Å². The smallest absolute Gasteiger partial charge is 0.192 e. The molecule has 94 valence electrons. The van der Waals surface area contributed by atoms with Gasteiger partial charge in [0.2, 0.25) is 0 Å². The van der Waals surface area contributed by atoms with Crippen molar-refractivity contribution < 1.29 is 14.3 Å². The molecule has 0 aromatic heterocycles. The second kappa shape index (κ2) is 4.78. The standard InChI is InChI=1S/C10H24BNO3Si/c1-10(2,3)16(4,5)14-6-7-8(13)12-9(11)15-7/h7-9,12-13H,6,11H2,1-5H3/t7-,8?,9+/m1/s1. The lowest BCUT2D eigenvalue weighted by atomic mass is 10.1. The molecule has 1 rings (SSSR count). The second-order valence-electron chi connectivity index (χ2n) is 6.00.